The van der Waals surface area contributed by atoms with E-state index in [0.29, 0.717) is 0 Å². The molecule has 1 aliphatic heterocycles. The topological polar surface area (TPSA) is 29.5 Å². The van der Waals surface area contributed by atoms with Gasteiger partial charge in [-0.25, -0.2) is 0 Å². The van der Waals surface area contributed by atoms with Crippen LogP contribution in [0, 0.1) is 23.2 Å². The molecule has 0 saturated heterocycles. The summed E-state index contributed by atoms with van der Waals surface area (Å²) in [5.74, 6) is 2.74. The lowest BCUT2D eigenvalue weighted by Gasteiger charge is -2.58. The van der Waals surface area contributed by atoms with Crippen molar-refractivity contribution in [2.45, 2.75) is 57.5 Å². The summed E-state index contributed by atoms with van der Waals surface area (Å²) in [7, 11) is 0. The highest BCUT2D eigenvalue weighted by Crippen LogP contribution is 2.62. The molecule has 0 aromatic rings. The molecule has 100 valence electrons. The second kappa shape index (κ2) is 4.00. The van der Waals surface area contributed by atoms with Crippen molar-refractivity contribution >= 4 is 0 Å². The van der Waals surface area contributed by atoms with Crippen LogP contribution in [0.2, 0.25) is 0 Å². The zero-order chi connectivity index (χ0) is 12.2. The molecule has 0 radical (unpaired) electrons. The Hall–Kier alpha value is -0.500. The van der Waals surface area contributed by atoms with Crippen molar-refractivity contribution in [1.29, 1.82) is 0 Å². The largest absolute Gasteiger partial charge is 0.501 e. The summed E-state index contributed by atoms with van der Waals surface area (Å²) in [6, 6.07) is 0. The molecule has 1 heterocycles. The molecular weight excluding hydrogens is 224 g/mol. The molecule has 5 aliphatic rings. The highest BCUT2D eigenvalue weighted by Gasteiger charge is 2.54. The Balaban J connectivity index is 1.61. The van der Waals surface area contributed by atoms with Gasteiger partial charge in [0.25, 0.3) is 0 Å². The third-order valence-corrected chi connectivity index (χ3v) is 5.98. The molecule has 4 aliphatic carbocycles. The molecule has 1 atom stereocenters. The summed E-state index contributed by atoms with van der Waals surface area (Å²) >= 11 is 0. The summed E-state index contributed by atoms with van der Waals surface area (Å²) in [5, 5.41) is 10.9. The zero-order valence-corrected chi connectivity index (χ0v) is 11.1. The van der Waals surface area contributed by atoms with Crippen molar-refractivity contribution in [3.05, 3.63) is 11.8 Å². The second-order valence-corrected chi connectivity index (χ2v) is 7.35. The number of ether oxygens (including phenoxy) is 1. The average Bonchev–Trinajstić information content (AvgIpc) is 2.37. The molecule has 0 amide bonds. The molecule has 1 unspecified atom stereocenters. The Bertz CT molecular complexity index is 336. The van der Waals surface area contributed by atoms with Gasteiger partial charge in [0.05, 0.1) is 19.0 Å². The lowest BCUT2D eigenvalue weighted by Crippen LogP contribution is -2.52. The van der Waals surface area contributed by atoms with Crippen LogP contribution in [-0.4, -0.2) is 17.8 Å². The molecule has 1 N–H and O–H groups in total. The minimum absolute atomic E-state index is 0.216. The van der Waals surface area contributed by atoms with Gasteiger partial charge in [-0.15, -0.1) is 0 Å². The normalized spacial score (nSPS) is 47.6. The van der Waals surface area contributed by atoms with Gasteiger partial charge in [-0.1, -0.05) is 0 Å². The van der Waals surface area contributed by atoms with Gasteiger partial charge in [-0.2, -0.15) is 0 Å². The molecule has 4 bridgehead atoms. The fourth-order valence-corrected chi connectivity index (χ4v) is 5.69. The minimum atomic E-state index is -0.216. The molecule has 2 heteroatoms. The van der Waals surface area contributed by atoms with E-state index in [2.05, 4.69) is 0 Å². The Morgan fingerprint density at radius 3 is 2.22 bits per heavy atom. The molecule has 0 aromatic carbocycles. The Morgan fingerprint density at radius 1 is 1.11 bits per heavy atom. The first kappa shape index (κ1) is 11.3. The molecule has 18 heavy (non-hydrogen) atoms. The monoisotopic (exact) mass is 248 g/mol. The van der Waals surface area contributed by atoms with Crippen molar-refractivity contribution in [2.24, 2.45) is 23.2 Å². The first-order valence-corrected chi connectivity index (χ1v) is 7.74. The van der Waals surface area contributed by atoms with E-state index in [0.717, 1.165) is 37.2 Å². The van der Waals surface area contributed by atoms with Crippen LogP contribution < -0.4 is 0 Å². The zero-order valence-electron chi connectivity index (χ0n) is 11.1. The maximum Gasteiger partial charge on any atom is 0.0876 e. The van der Waals surface area contributed by atoms with Crippen LogP contribution in [0.25, 0.3) is 0 Å². The molecule has 5 rings (SSSR count). The number of hydrogen-bond donors (Lipinski definition) is 1. The fourth-order valence-electron chi connectivity index (χ4n) is 5.69. The molecule has 4 fully saturated rings. The molecular formula is C16H24O2. The smallest absolute Gasteiger partial charge is 0.0876 e. The lowest BCUT2D eigenvalue weighted by atomic mass is 9.47. The predicted molar refractivity (Wildman–Crippen MR) is 69.9 cm³/mol. The van der Waals surface area contributed by atoms with Crippen LogP contribution >= 0.6 is 0 Å². The molecule has 4 saturated carbocycles. The Labute approximate surface area is 109 Å². The first-order chi connectivity index (χ1) is 8.75. The van der Waals surface area contributed by atoms with Crippen molar-refractivity contribution in [3.63, 3.8) is 0 Å². The summed E-state index contributed by atoms with van der Waals surface area (Å²) in [6.45, 7) is 0.830. The predicted octanol–water partition coefficient (Wildman–Crippen LogP) is 3.26. The van der Waals surface area contributed by atoms with Gasteiger partial charge in [0.15, 0.2) is 0 Å². The second-order valence-electron chi connectivity index (χ2n) is 7.35. The number of aliphatic hydroxyl groups excluding tert-OH is 1. The van der Waals surface area contributed by atoms with Crippen molar-refractivity contribution < 1.29 is 9.84 Å². The van der Waals surface area contributed by atoms with E-state index in [1.54, 1.807) is 0 Å². The maximum atomic E-state index is 10.9. The summed E-state index contributed by atoms with van der Waals surface area (Å²) in [6.07, 6.45) is 11.9. The van der Waals surface area contributed by atoms with Crippen LogP contribution in [0.4, 0.5) is 0 Å². The third-order valence-electron chi connectivity index (χ3n) is 5.98. The maximum absolute atomic E-state index is 10.9. The Morgan fingerprint density at radius 2 is 1.72 bits per heavy atom. The summed E-state index contributed by atoms with van der Waals surface area (Å²) < 4.78 is 5.44. The molecule has 2 nitrogen and oxygen atoms in total. The van der Waals surface area contributed by atoms with Gasteiger partial charge in [0, 0.05) is 5.41 Å². The van der Waals surface area contributed by atoms with Gasteiger partial charge < -0.3 is 9.84 Å². The van der Waals surface area contributed by atoms with Crippen LogP contribution in [0.1, 0.15) is 51.4 Å². The minimum Gasteiger partial charge on any atom is -0.501 e. The van der Waals surface area contributed by atoms with Gasteiger partial charge in [-0.3, -0.25) is 0 Å². The van der Waals surface area contributed by atoms with Gasteiger partial charge in [0.1, 0.15) is 0 Å². The first-order valence-electron chi connectivity index (χ1n) is 7.74. The third kappa shape index (κ3) is 1.65. The van der Waals surface area contributed by atoms with Crippen molar-refractivity contribution in [1.82, 2.24) is 0 Å². The summed E-state index contributed by atoms with van der Waals surface area (Å²) in [4.78, 5) is 0. The number of rotatable bonds is 2. The Kier molecular flexibility index (Phi) is 2.52. The highest BCUT2D eigenvalue weighted by molar-refractivity contribution is 5.16. The molecule has 0 spiro atoms. The highest BCUT2D eigenvalue weighted by atomic mass is 16.5. The molecule has 0 aromatic heterocycles. The van der Waals surface area contributed by atoms with E-state index in [4.69, 9.17) is 4.74 Å². The van der Waals surface area contributed by atoms with Gasteiger partial charge >= 0.3 is 0 Å². The standard InChI is InChI=1S/C16H24O2/c17-15(14-2-1-3-18-10-14)16-7-11-4-12(8-16)6-13(5-11)9-16/h10-13,15,17H,1-9H2. The number of aliphatic hydroxyl groups is 1. The summed E-state index contributed by atoms with van der Waals surface area (Å²) in [5.41, 5.74) is 1.41. The van der Waals surface area contributed by atoms with E-state index in [-0.39, 0.29) is 11.5 Å². The van der Waals surface area contributed by atoms with Crippen LogP contribution in [-0.2, 0) is 4.74 Å². The SMILES string of the molecule is OC(C1=COCCC1)C12CC3CC(CC(C3)C1)C2. The van der Waals surface area contributed by atoms with Crippen LogP contribution in [0.3, 0.4) is 0 Å². The van der Waals surface area contributed by atoms with E-state index in [1.165, 1.54) is 44.1 Å². The van der Waals surface area contributed by atoms with Crippen molar-refractivity contribution in [3.8, 4) is 0 Å². The van der Waals surface area contributed by atoms with E-state index < -0.39 is 0 Å². The van der Waals surface area contributed by atoms with E-state index in [1.807, 2.05) is 6.26 Å². The lowest BCUT2D eigenvalue weighted by molar-refractivity contribution is -0.110. The average molecular weight is 248 g/mol. The number of hydrogen-bond acceptors (Lipinski definition) is 2. The quantitative estimate of drug-likeness (QED) is 0.813. The fraction of sp³-hybridized carbons (Fsp3) is 0.875. The van der Waals surface area contributed by atoms with Gasteiger partial charge in [-0.05, 0) is 74.7 Å². The van der Waals surface area contributed by atoms with Crippen LogP contribution in [0.15, 0.2) is 11.8 Å². The van der Waals surface area contributed by atoms with Gasteiger partial charge in [0.2, 0.25) is 0 Å². The van der Waals surface area contributed by atoms with Crippen molar-refractivity contribution in [2.75, 3.05) is 6.61 Å². The van der Waals surface area contributed by atoms with Crippen LogP contribution in [0.5, 0.6) is 0 Å². The van der Waals surface area contributed by atoms with E-state index >= 15 is 0 Å². The van der Waals surface area contributed by atoms with E-state index in [9.17, 15) is 5.11 Å².